The van der Waals surface area contributed by atoms with Crippen molar-refractivity contribution in [3.05, 3.63) is 60.4 Å². The molecule has 122 valence electrons. The van der Waals surface area contributed by atoms with Crippen LogP contribution < -0.4 is 4.72 Å². The van der Waals surface area contributed by atoms with Crippen LogP contribution in [-0.4, -0.2) is 26.0 Å². The maximum atomic E-state index is 12.5. The van der Waals surface area contributed by atoms with Crippen molar-refractivity contribution < 1.29 is 17.9 Å². The SMILES string of the molecule is CCOC(=O)C[C@H](NS(=O)(=O)c1cccnc1)c1ccccc1. The van der Waals surface area contributed by atoms with Crippen LogP contribution in [0.1, 0.15) is 24.9 Å². The minimum Gasteiger partial charge on any atom is -0.466 e. The molecule has 1 aromatic heterocycles. The molecule has 0 saturated carbocycles. The zero-order valence-electron chi connectivity index (χ0n) is 12.7. The van der Waals surface area contributed by atoms with Crippen molar-refractivity contribution in [1.82, 2.24) is 9.71 Å². The second kappa shape index (κ2) is 7.85. The van der Waals surface area contributed by atoms with Gasteiger partial charge in [0.15, 0.2) is 0 Å². The molecule has 6 nitrogen and oxygen atoms in total. The van der Waals surface area contributed by atoms with E-state index in [0.29, 0.717) is 5.56 Å². The normalized spacial score (nSPS) is 12.6. The second-order valence-electron chi connectivity index (χ2n) is 4.78. The summed E-state index contributed by atoms with van der Waals surface area (Å²) in [5.41, 5.74) is 0.688. The van der Waals surface area contributed by atoms with E-state index in [0.717, 1.165) is 0 Å². The number of carbonyl (C=O) groups is 1. The van der Waals surface area contributed by atoms with Gasteiger partial charge in [0.05, 0.1) is 19.1 Å². The summed E-state index contributed by atoms with van der Waals surface area (Å²) >= 11 is 0. The summed E-state index contributed by atoms with van der Waals surface area (Å²) in [6.07, 6.45) is 2.67. The molecule has 0 aliphatic rings. The molecule has 7 heteroatoms. The van der Waals surface area contributed by atoms with Gasteiger partial charge in [-0.15, -0.1) is 0 Å². The molecule has 1 heterocycles. The Labute approximate surface area is 135 Å². The highest BCUT2D eigenvalue weighted by Crippen LogP contribution is 2.20. The zero-order valence-corrected chi connectivity index (χ0v) is 13.5. The van der Waals surface area contributed by atoms with Crippen molar-refractivity contribution in [3.8, 4) is 0 Å². The number of aromatic nitrogens is 1. The third kappa shape index (κ3) is 4.87. The molecule has 1 atom stereocenters. The van der Waals surface area contributed by atoms with Crippen LogP contribution in [0, 0.1) is 0 Å². The van der Waals surface area contributed by atoms with Crippen LogP contribution in [0.25, 0.3) is 0 Å². The predicted octanol–water partition coefficient (Wildman–Crippen LogP) is 2.05. The maximum absolute atomic E-state index is 12.5. The van der Waals surface area contributed by atoms with E-state index < -0.39 is 22.0 Å². The Hall–Kier alpha value is -2.25. The van der Waals surface area contributed by atoms with Gasteiger partial charge in [-0.2, -0.15) is 0 Å². The fourth-order valence-corrected chi connectivity index (χ4v) is 3.25. The zero-order chi connectivity index (χ0) is 16.7. The van der Waals surface area contributed by atoms with E-state index in [1.807, 2.05) is 6.07 Å². The summed E-state index contributed by atoms with van der Waals surface area (Å²) in [7, 11) is -3.79. The minimum absolute atomic E-state index is 0.0461. The molecule has 23 heavy (non-hydrogen) atoms. The minimum atomic E-state index is -3.79. The first-order chi connectivity index (χ1) is 11.0. The van der Waals surface area contributed by atoms with E-state index in [1.165, 1.54) is 24.5 Å². The number of hydrogen-bond acceptors (Lipinski definition) is 5. The molecule has 0 amide bonds. The highest BCUT2D eigenvalue weighted by molar-refractivity contribution is 7.89. The number of nitrogens with zero attached hydrogens (tertiary/aromatic N) is 1. The van der Waals surface area contributed by atoms with Gasteiger partial charge in [-0.05, 0) is 24.6 Å². The molecular formula is C16H18N2O4S. The number of nitrogens with one attached hydrogen (secondary N) is 1. The van der Waals surface area contributed by atoms with Crippen molar-refractivity contribution in [3.63, 3.8) is 0 Å². The summed E-state index contributed by atoms with van der Waals surface area (Å²) in [5, 5.41) is 0. The van der Waals surface area contributed by atoms with Gasteiger partial charge in [0.1, 0.15) is 4.90 Å². The lowest BCUT2D eigenvalue weighted by Crippen LogP contribution is -2.30. The molecule has 0 fully saturated rings. The van der Waals surface area contributed by atoms with Crippen LogP contribution in [0.3, 0.4) is 0 Å². The van der Waals surface area contributed by atoms with Gasteiger partial charge in [0.25, 0.3) is 0 Å². The summed E-state index contributed by atoms with van der Waals surface area (Å²) in [4.78, 5) is 15.6. The number of pyridine rings is 1. The lowest BCUT2D eigenvalue weighted by Gasteiger charge is -2.18. The first-order valence-electron chi connectivity index (χ1n) is 7.16. The number of hydrogen-bond donors (Lipinski definition) is 1. The molecule has 0 spiro atoms. The van der Waals surface area contributed by atoms with E-state index in [9.17, 15) is 13.2 Å². The standard InChI is InChI=1S/C16H18N2O4S/c1-2-22-16(19)11-15(13-7-4-3-5-8-13)18-23(20,21)14-9-6-10-17-12-14/h3-10,12,15,18H,2,11H2,1H3/t15-/m0/s1. The molecule has 0 aliphatic heterocycles. The number of ether oxygens (including phenoxy) is 1. The maximum Gasteiger partial charge on any atom is 0.307 e. The summed E-state index contributed by atoms with van der Waals surface area (Å²) in [6, 6.07) is 11.2. The van der Waals surface area contributed by atoms with E-state index >= 15 is 0 Å². The second-order valence-corrected chi connectivity index (χ2v) is 6.50. The first-order valence-corrected chi connectivity index (χ1v) is 8.64. The highest BCUT2D eigenvalue weighted by atomic mass is 32.2. The van der Waals surface area contributed by atoms with Gasteiger partial charge in [-0.1, -0.05) is 30.3 Å². The molecule has 2 rings (SSSR count). The Balaban J connectivity index is 2.26. The number of benzene rings is 1. The van der Waals surface area contributed by atoms with Crippen LogP contribution in [0.2, 0.25) is 0 Å². The molecule has 0 aliphatic carbocycles. The van der Waals surface area contributed by atoms with Gasteiger partial charge < -0.3 is 4.74 Å². The Morgan fingerprint density at radius 3 is 2.57 bits per heavy atom. The third-order valence-corrected chi connectivity index (χ3v) is 4.58. The van der Waals surface area contributed by atoms with Crippen LogP contribution in [0.5, 0.6) is 0 Å². The van der Waals surface area contributed by atoms with Crippen LogP contribution in [-0.2, 0) is 19.6 Å². The molecule has 2 aromatic rings. The Morgan fingerprint density at radius 2 is 1.96 bits per heavy atom. The van der Waals surface area contributed by atoms with Gasteiger partial charge >= 0.3 is 5.97 Å². The fraction of sp³-hybridized carbons (Fsp3) is 0.250. The van der Waals surface area contributed by atoms with Crippen molar-refractivity contribution in [2.75, 3.05) is 6.61 Å². The Bertz CT molecular complexity index is 733. The predicted molar refractivity (Wildman–Crippen MR) is 85.0 cm³/mol. The van der Waals surface area contributed by atoms with Gasteiger partial charge in [0.2, 0.25) is 10.0 Å². The topological polar surface area (TPSA) is 85.4 Å². The summed E-state index contributed by atoms with van der Waals surface area (Å²) in [6.45, 7) is 1.95. The van der Waals surface area contributed by atoms with Crippen molar-refractivity contribution in [2.24, 2.45) is 0 Å². The first kappa shape index (κ1) is 17.1. The third-order valence-electron chi connectivity index (χ3n) is 3.12. The smallest absolute Gasteiger partial charge is 0.307 e. The van der Waals surface area contributed by atoms with Crippen molar-refractivity contribution in [2.45, 2.75) is 24.3 Å². The van der Waals surface area contributed by atoms with Gasteiger partial charge in [-0.3, -0.25) is 9.78 Å². The van der Waals surface area contributed by atoms with E-state index in [2.05, 4.69) is 9.71 Å². The van der Waals surface area contributed by atoms with Crippen LogP contribution in [0.15, 0.2) is 59.8 Å². The lowest BCUT2D eigenvalue weighted by atomic mass is 10.1. The quantitative estimate of drug-likeness (QED) is 0.783. The molecule has 0 bridgehead atoms. The van der Waals surface area contributed by atoms with Crippen molar-refractivity contribution in [1.29, 1.82) is 0 Å². The lowest BCUT2D eigenvalue weighted by molar-refractivity contribution is -0.143. The van der Waals surface area contributed by atoms with Crippen molar-refractivity contribution >= 4 is 16.0 Å². The Kier molecular flexibility index (Phi) is 5.84. The summed E-state index contributed by atoms with van der Waals surface area (Å²) < 4.78 is 32.4. The van der Waals surface area contributed by atoms with Gasteiger partial charge in [-0.25, -0.2) is 13.1 Å². The van der Waals surface area contributed by atoms with E-state index in [-0.39, 0.29) is 17.9 Å². The largest absolute Gasteiger partial charge is 0.466 e. The molecule has 0 radical (unpaired) electrons. The van der Waals surface area contributed by atoms with Gasteiger partial charge in [0, 0.05) is 12.4 Å². The Morgan fingerprint density at radius 1 is 1.22 bits per heavy atom. The van der Waals surface area contributed by atoms with Crippen LogP contribution >= 0.6 is 0 Å². The molecule has 0 unspecified atom stereocenters. The molecule has 0 saturated heterocycles. The molecule has 1 N–H and O–H groups in total. The molecule has 1 aromatic carbocycles. The number of carbonyl (C=O) groups excluding carboxylic acids is 1. The van der Waals surface area contributed by atoms with E-state index in [4.69, 9.17) is 4.74 Å². The fourth-order valence-electron chi connectivity index (χ4n) is 2.06. The monoisotopic (exact) mass is 334 g/mol. The average molecular weight is 334 g/mol. The van der Waals surface area contributed by atoms with E-state index in [1.54, 1.807) is 31.2 Å². The number of rotatable bonds is 7. The highest BCUT2D eigenvalue weighted by Gasteiger charge is 2.24. The molecular weight excluding hydrogens is 316 g/mol. The number of sulfonamides is 1. The summed E-state index contributed by atoms with van der Waals surface area (Å²) in [5.74, 6) is -0.463. The van der Waals surface area contributed by atoms with Crippen LogP contribution in [0.4, 0.5) is 0 Å². The average Bonchev–Trinajstić information content (AvgIpc) is 2.56. The number of esters is 1.